The summed E-state index contributed by atoms with van der Waals surface area (Å²) in [5, 5.41) is 0. The van der Waals surface area contributed by atoms with Gasteiger partial charge in [-0.05, 0) is 0 Å². The second-order valence-electron chi connectivity index (χ2n) is 5.08. The van der Waals surface area contributed by atoms with E-state index in [1.807, 2.05) is 0 Å². The summed E-state index contributed by atoms with van der Waals surface area (Å²) in [7, 11) is 0.241. The van der Waals surface area contributed by atoms with E-state index in [1.54, 1.807) is 0 Å². The van der Waals surface area contributed by atoms with Crippen molar-refractivity contribution in [2.75, 3.05) is 19.8 Å². The molecule has 142 valence electrons. The lowest BCUT2D eigenvalue weighted by molar-refractivity contribution is -0.168. The number of carbonyl (C=O) groups excluding carboxylic acids is 4. The molecule has 0 bridgehead atoms. The highest BCUT2D eigenvalue weighted by Gasteiger charge is 2.43. The van der Waals surface area contributed by atoms with Crippen LogP contribution >= 0.6 is 0 Å². The van der Waals surface area contributed by atoms with Crippen LogP contribution in [0.15, 0.2) is 50.6 Å². The summed E-state index contributed by atoms with van der Waals surface area (Å²) in [6.07, 6.45) is 3.77. The molecule has 1 atom stereocenters. The minimum absolute atomic E-state index is 0.241. The van der Waals surface area contributed by atoms with E-state index in [2.05, 4.69) is 26.3 Å². The van der Waals surface area contributed by atoms with Gasteiger partial charge in [0.15, 0.2) is 0 Å². The Bertz CT molecular complexity index is 536. The van der Waals surface area contributed by atoms with Crippen molar-refractivity contribution in [3.63, 3.8) is 0 Å². The molecule has 0 heterocycles. The third kappa shape index (κ3) is 7.75. The van der Waals surface area contributed by atoms with E-state index in [0.29, 0.717) is 0 Å². The van der Waals surface area contributed by atoms with Crippen LogP contribution in [0, 0.1) is 5.41 Å². The molecule has 0 rings (SSSR count). The molecule has 0 spiro atoms. The topological polar surface area (TPSA) is 105 Å². The van der Waals surface area contributed by atoms with Crippen LogP contribution in [-0.4, -0.2) is 59.7 Å². The molecule has 0 aromatic rings. The number of ether oxygens (including phenoxy) is 4. The highest BCUT2D eigenvalue weighted by molar-refractivity contribution is 6.12. The summed E-state index contributed by atoms with van der Waals surface area (Å²) in [4.78, 5) is 45.9. The second-order valence-corrected chi connectivity index (χ2v) is 6.13. The number of hydrogen-bond acceptors (Lipinski definition) is 8. The summed E-state index contributed by atoms with van der Waals surface area (Å²) in [5.74, 6) is -2.97. The molecular weight excluding hydrogens is 360 g/mol. The van der Waals surface area contributed by atoms with Gasteiger partial charge in [0.25, 0.3) is 0 Å². The Morgan fingerprint density at radius 2 is 1.04 bits per heavy atom. The minimum Gasteiger partial charge on any atom is -0.463 e. The fourth-order valence-electron chi connectivity index (χ4n) is 1.65. The third-order valence-electron chi connectivity index (χ3n) is 3.33. The fraction of sp³-hybridized carbons (Fsp3) is 0.294. The summed E-state index contributed by atoms with van der Waals surface area (Å²) in [5.41, 5.74) is -2.16. The van der Waals surface area contributed by atoms with E-state index < -0.39 is 35.0 Å². The molecule has 26 heavy (non-hydrogen) atoms. The van der Waals surface area contributed by atoms with Crippen molar-refractivity contribution in [2.24, 2.45) is 5.41 Å². The van der Waals surface area contributed by atoms with Gasteiger partial charge in [-0.1, -0.05) is 26.3 Å². The summed E-state index contributed by atoms with van der Waals surface area (Å²) in [6.45, 7) is 12.1. The Balaban J connectivity index is 5.65. The molecule has 0 N–H and O–H groups in total. The average Bonchev–Trinajstić information content (AvgIpc) is 2.66. The summed E-state index contributed by atoms with van der Waals surface area (Å²) >= 11 is 0. The Kier molecular flexibility index (Phi) is 10.3. The van der Waals surface area contributed by atoms with Gasteiger partial charge in [0.1, 0.15) is 25.2 Å². The normalized spacial score (nSPS) is 11.4. The van der Waals surface area contributed by atoms with E-state index in [0.717, 1.165) is 24.3 Å². The number of hydrogen-bond donors (Lipinski definition) is 0. The van der Waals surface area contributed by atoms with Crippen LogP contribution < -0.4 is 0 Å². The Hall–Kier alpha value is -2.94. The molecule has 9 heteroatoms. The van der Waals surface area contributed by atoms with E-state index in [4.69, 9.17) is 18.9 Å². The van der Waals surface area contributed by atoms with E-state index >= 15 is 0 Å². The summed E-state index contributed by atoms with van der Waals surface area (Å²) < 4.78 is 20.3. The van der Waals surface area contributed by atoms with Crippen molar-refractivity contribution in [1.29, 1.82) is 0 Å². The molecule has 0 aromatic heterocycles. The molecule has 0 aliphatic rings. The zero-order chi connectivity index (χ0) is 20.2. The zero-order valence-electron chi connectivity index (χ0n) is 14.6. The Labute approximate surface area is 154 Å². The van der Waals surface area contributed by atoms with Gasteiger partial charge in [0.05, 0.1) is 16.0 Å². The van der Waals surface area contributed by atoms with Crippen LogP contribution in [0.5, 0.6) is 0 Å². The molecular formula is C17H22O8Si. The van der Waals surface area contributed by atoms with Gasteiger partial charge < -0.3 is 18.9 Å². The maximum absolute atomic E-state index is 11.6. The molecule has 0 saturated heterocycles. The Morgan fingerprint density at radius 3 is 1.31 bits per heavy atom. The van der Waals surface area contributed by atoms with Crippen LogP contribution in [0.3, 0.4) is 0 Å². The second kappa shape index (κ2) is 11.6. The lowest BCUT2D eigenvalue weighted by atomic mass is 9.91. The summed E-state index contributed by atoms with van der Waals surface area (Å²) in [6, 6.07) is 0. The number of esters is 4. The molecule has 0 radical (unpaired) electrons. The number of carbonyl (C=O) groups is 4. The van der Waals surface area contributed by atoms with Crippen LogP contribution in [0.2, 0.25) is 0 Å². The zero-order valence-corrected chi connectivity index (χ0v) is 16.6. The highest BCUT2D eigenvalue weighted by atomic mass is 28.1. The molecule has 0 fully saturated rings. The Morgan fingerprint density at radius 1 is 0.731 bits per heavy atom. The minimum atomic E-state index is -1.32. The molecule has 0 aliphatic heterocycles. The van der Waals surface area contributed by atoms with E-state index in [-0.39, 0.29) is 30.1 Å². The fourth-order valence-corrected chi connectivity index (χ4v) is 2.38. The van der Waals surface area contributed by atoms with Crippen molar-refractivity contribution in [2.45, 2.75) is 5.73 Å². The highest BCUT2D eigenvalue weighted by Crippen LogP contribution is 2.26. The number of rotatable bonds is 12. The standard InChI is InChI=1S/C17H22O8Si/c1-5-12(18)22-9-17(10-23-13(19)6-2,11-24-14(20)7-3)16(26)25-15(21)8-4/h5-8,16H,1-4,9-11H2,26H3. The first-order valence-electron chi connectivity index (χ1n) is 7.45. The monoisotopic (exact) mass is 382 g/mol. The van der Waals surface area contributed by atoms with E-state index in [1.165, 1.54) is 0 Å². The van der Waals surface area contributed by atoms with Crippen molar-refractivity contribution < 1.29 is 38.1 Å². The maximum atomic E-state index is 11.6. The SMILES string of the molecule is C=CC(=O)OCC(COC(=O)C=C)(COC(=O)C=C)C([SiH3])OC(=O)C=C. The van der Waals surface area contributed by atoms with Crippen molar-refractivity contribution in [3.8, 4) is 0 Å². The first-order valence-corrected chi connectivity index (χ1v) is 8.60. The van der Waals surface area contributed by atoms with Crippen molar-refractivity contribution in [1.82, 2.24) is 0 Å². The third-order valence-corrected chi connectivity index (χ3v) is 4.79. The average molecular weight is 382 g/mol. The smallest absolute Gasteiger partial charge is 0.330 e. The van der Waals surface area contributed by atoms with E-state index in [9.17, 15) is 19.2 Å². The van der Waals surface area contributed by atoms with Crippen LogP contribution in [0.4, 0.5) is 0 Å². The molecule has 0 saturated carbocycles. The largest absolute Gasteiger partial charge is 0.463 e. The van der Waals surface area contributed by atoms with Crippen LogP contribution in [0.1, 0.15) is 0 Å². The predicted molar refractivity (Wildman–Crippen MR) is 95.9 cm³/mol. The van der Waals surface area contributed by atoms with Crippen LogP contribution in [-0.2, 0) is 38.1 Å². The quantitative estimate of drug-likeness (QED) is 0.194. The lowest BCUT2D eigenvalue weighted by Crippen LogP contribution is -2.50. The van der Waals surface area contributed by atoms with Crippen LogP contribution in [0.25, 0.3) is 0 Å². The lowest BCUT2D eigenvalue weighted by Gasteiger charge is -2.36. The van der Waals surface area contributed by atoms with Gasteiger partial charge >= 0.3 is 23.9 Å². The first kappa shape index (κ1) is 23.1. The predicted octanol–water partition coefficient (Wildman–Crippen LogP) is -0.419. The molecule has 1 unspecified atom stereocenters. The molecule has 0 aromatic carbocycles. The van der Waals surface area contributed by atoms with Crippen molar-refractivity contribution >= 4 is 34.1 Å². The van der Waals surface area contributed by atoms with Gasteiger partial charge in [-0.25, -0.2) is 19.2 Å². The van der Waals surface area contributed by atoms with Gasteiger partial charge in [0, 0.05) is 24.3 Å². The first-order chi connectivity index (χ1) is 12.2. The molecule has 0 aliphatic carbocycles. The molecule has 0 amide bonds. The van der Waals surface area contributed by atoms with Gasteiger partial charge in [0.2, 0.25) is 0 Å². The van der Waals surface area contributed by atoms with Gasteiger partial charge in [-0.2, -0.15) is 0 Å². The van der Waals surface area contributed by atoms with Gasteiger partial charge in [-0.15, -0.1) is 0 Å². The maximum Gasteiger partial charge on any atom is 0.330 e. The van der Waals surface area contributed by atoms with Gasteiger partial charge in [-0.3, -0.25) is 0 Å². The molecule has 8 nitrogen and oxygen atoms in total. The van der Waals surface area contributed by atoms with Crippen molar-refractivity contribution in [3.05, 3.63) is 50.6 Å².